The van der Waals surface area contributed by atoms with Crippen molar-refractivity contribution in [1.82, 2.24) is 0 Å². The number of rotatable bonds is 0. The van der Waals surface area contributed by atoms with E-state index in [0.717, 1.165) is 0 Å². The van der Waals surface area contributed by atoms with Gasteiger partial charge in [-0.2, -0.15) is 0 Å². The molecule has 1 rings (SSSR count). The summed E-state index contributed by atoms with van der Waals surface area (Å²) in [6.07, 6.45) is -0.225. The summed E-state index contributed by atoms with van der Waals surface area (Å²) in [5, 5.41) is 0. The molecule has 0 spiro atoms. The van der Waals surface area contributed by atoms with Crippen LogP contribution < -0.4 is 5.73 Å². The van der Waals surface area contributed by atoms with Gasteiger partial charge in [-0.15, -0.1) is 0 Å². The highest BCUT2D eigenvalue weighted by molar-refractivity contribution is 5.91. The van der Waals surface area contributed by atoms with Crippen LogP contribution in [0.25, 0.3) is 0 Å². The van der Waals surface area contributed by atoms with Gasteiger partial charge in [0.2, 0.25) is 0 Å². The van der Waals surface area contributed by atoms with Crippen LogP contribution in [0, 0.1) is 0 Å². The SMILES string of the molecule is CC1=C(N)C(C)OC1=O. The fourth-order valence-corrected chi connectivity index (χ4v) is 0.735. The molecular formula is C6H9NO2. The van der Waals surface area contributed by atoms with Crippen LogP contribution >= 0.6 is 0 Å². The van der Waals surface area contributed by atoms with E-state index in [1.54, 1.807) is 13.8 Å². The zero-order valence-corrected chi connectivity index (χ0v) is 5.47. The minimum atomic E-state index is -0.292. The van der Waals surface area contributed by atoms with Crippen LogP contribution in [-0.2, 0) is 9.53 Å². The zero-order valence-electron chi connectivity index (χ0n) is 5.47. The van der Waals surface area contributed by atoms with Crippen LogP contribution in [0.15, 0.2) is 11.3 Å². The van der Waals surface area contributed by atoms with Crippen LogP contribution in [0.2, 0.25) is 0 Å². The van der Waals surface area contributed by atoms with E-state index in [4.69, 9.17) is 10.5 Å². The number of nitrogens with two attached hydrogens (primary N) is 1. The summed E-state index contributed by atoms with van der Waals surface area (Å²) in [6.45, 7) is 3.42. The number of ether oxygens (including phenoxy) is 1. The summed E-state index contributed by atoms with van der Waals surface area (Å²) in [4.78, 5) is 10.6. The van der Waals surface area contributed by atoms with Gasteiger partial charge >= 0.3 is 5.97 Å². The number of cyclic esters (lactones) is 1. The van der Waals surface area contributed by atoms with Gasteiger partial charge in [0.1, 0.15) is 6.10 Å². The predicted molar refractivity (Wildman–Crippen MR) is 32.4 cm³/mol. The van der Waals surface area contributed by atoms with Gasteiger partial charge < -0.3 is 10.5 Å². The lowest BCUT2D eigenvalue weighted by Gasteiger charge is -2.00. The molecule has 1 aliphatic rings. The molecule has 50 valence electrons. The molecule has 1 atom stereocenters. The van der Waals surface area contributed by atoms with Gasteiger partial charge in [0.05, 0.1) is 11.3 Å². The van der Waals surface area contributed by atoms with Crippen molar-refractivity contribution in [2.75, 3.05) is 0 Å². The van der Waals surface area contributed by atoms with E-state index in [0.29, 0.717) is 11.3 Å². The first kappa shape index (κ1) is 6.13. The highest BCUT2D eigenvalue weighted by Crippen LogP contribution is 2.16. The lowest BCUT2D eigenvalue weighted by atomic mass is 10.2. The molecule has 0 aromatic carbocycles. The van der Waals surface area contributed by atoms with Crippen LogP contribution in [0.5, 0.6) is 0 Å². The number of hydrogen-bond acceptors (Lipinski definition) is 3. The van der Waals surface area contributed by atoms with Gasteiger partial charge in [-0.3, -0.25) is 0 Å². The second-order valence-corrected chi connectivity index (χ2v) is 2.13. The topological polar surface area (TPSA) is 52.3 Å². The summed E-state index contributed by atoms with van der Waals surface area (Å²) >= 11 is 0. The van der Waals surface area contributed by atoms with Gasteiger partial charge in [0.25, 0.3) is 0 Å². The monoisotopic (exact) mass is 127 g/mol. The Labute approximate surface area is 53.5 Å². The molecule has 0 aromatic rings. The number of carbonyl (C=O) groups excluding carboxylic acids is 1. The van der Waals surface area contributed by atoms with Crippen LogP contribution in [0.3, 0.4) is 0 Å². The largest absolute Gasteiger partial charge is 0.453 e. The Morgan fingerprint density at radius 3 is 2.33 bits per heavy atom. The molecular weight excluding hydrogens is 118 g/mol. The third-order valence-corrected chi connectivity index (χ3v) is 1.46. The van der Waals surface area contributed by atoms with Crippen molar-refractivity contribution in [2.24, 2.45) is 5.73 Å². The molecule has 9 heavy (non-hydrogen) atoms. The van der Waals surface area contributed by atoms with Gasteiger partial charge in [-0.25, -0.2) is 4.79 Å². The fraction of sp³-hybridized carbons (Fsp3) is 0.500. The molecule has 0 aliphatic carbocycles. The third kappa shape index (κ3) is 0.781. The first-order valence-corrected chi connectivity index (χ1v) is 2.80. The Morgan fingerprint density at radius 1 is 1.67 bits per heavy atom. The van der Waals surface area contributed by atoms with Gasteiger partial charge in [0.15, 0.2) is 0 Å². The Hall–Kier alpha value is -0.990. The van der Waals surface area contributed by atoms with E-state index in [9.17, 15) is 4.79 Å². The average molecular weight is 127 g/mol. The Morgan fingerprint density at radius 2 is 2.22 bits per heavy atom. The van der Waals surface area contributed by atoms with Crippen molar-refractivity contribution in [3.63, 3.8) is 0 Å². The zero-order chi connectivity index (χ0) is 7.02. The summed E-state index contributed by atoms with van der Waals surface area (Å²) in [5.41, 5.74) is 6.55. The highest BCUT2D eigenvalue weighted by atomic mass is 16.5. The molecule has 1 unspecified atom stereocenters. The Kier molecular flexibility index (Phi) is 1.20. The van der Waals surface area contributed by atoms with Crippen molar-refractivity contribution < 1.29 is 9.53 Å². The third-order valence-electron chi connectivity index (χ3n) is 1.46. The van der Waals surface area contributed by atoms with Crippen molar-refractivity contribution in [3.8, 4) is 0 Å². The molecule has 0 aromatic heterocycles. The van der Waals surface area contributed by atoms with Gasteiger partial charge in [-0.1, -0.05) is 0 Å². The second-order valence-electron chi connectivity index (χ2n) is 2.13. The van der Waals surface area contributed by atoms with Crippen LogP contribution in [-0.4, -0.2) is 12.1 Å². The lowest BCUT2D eigenvalue weighted by Crippen LogP contribution is -2.11. The Balaban J connectivity index is 2.92. The molecule has 0 saturated heterocycles. The molecule has 3 nitrogen and oxygen atoms in total. The first-order valence-electron chi connectivity index (χ1n) is 2.80. The van der Waals surface area contributed by atoms with Crippen molar-refractivity contribution in [1.29, 1.82) is 0 Å². The molecule has 0 fully saturated rings. The van der Waals surface area contributed by atoms with E-state index >= 15 is 0 Å². The maximum absolute atomic E-state index is 10.6. The quantitative estimate of drug-likeness (QED) is 0.472. The molecule has 3 heteroatoms. The summed E-state index contributed by atoms with van der Waals surface area (Å²) in [5.74, 6) is -0.292. The van der Waals surface area contributed by atoms with E-state index in [1.807, 2.05) is 0 Å². The van der Waals surface area contributed by atoms with Crippen LogP contribution in [0.4, 0.5) is 0 Å². The molecule has 0 saturated carbocycles. The summed E-state index contributed by atoms with van der Waals surface area (Å²) in [6, 6.07) is 0. The maximum atomic E-state index is 10.6. The molecule has 0 bridgehead atoms. The standard InChI is InChI=1S/C6H9NO2/c1-3-5(7)4(2)9-6(3)8/h4H,7H2,1-2H3. The Bertz CT molecular complexity index is 183. The van der Waals surface area contributed by atoms with Gasteiger partial charge in [-0.05, 0) is 13.8 Å². The van der Waals surface area contributed by atoms with Crippen LogP contribution in [0.1, 0.15) is 13.8 Å². The molecule has 0 amide bonds. The molecule has 1 aliphatic heterocycles. The van der Waals surface area contributed by atoms with Crippen molar-refractivity contribution in [3.05, 3.63) is 11.3 Å². The smallest absolute Gasteiger partial charge is 0.336 e. The van der Waals surface area contributed by atoms with E-state index in [-0.39, 0.29) is 12.1 Å². The fourth-order valence-electron chi connectivity index (χ4n) is 0.735. The molecule has 0 radical (unpaired) electrons. The number of esters is 1. The minimum Gasteiger partial charge on any atom is -0.453 e. The predicted octanol–water partition coefficient (Wildman–Crippen LogP) is 0.164. The summed E-state index contributed by atoms with van der Waals surface area (Å²) < 4.78 is 4.75. The van der Waals surface area contributed by atoms with E-state index in [1.165, 1.54) is 0 Å². The first-order chi connectivity index (χ1) is 4.13. The minimum absolute atomic E-state index is 0.225. The molecule has 1 heterocycles. The van der Waals surface area contributed by atoms with Crippen molar-refractivity contribution >= 4 is 5.97 Å². The molecule has 2 N–H and O–H groups in total. The average Bonchev–Trinajstić information content (AvgIpc) is 1.98. The van der Waals surface area contributed by atoms with E-state index < -0.39 is 0 Å². The number of carbonyl (C=O) groups is 1. The second kappa shape index (κ2) is 1.76. The maximum Gasteiger partial charge on any atom is 0.336 e. The van der Waals surface area contributed by atoms with Gasteiger partial charge in [0, 0.05) is 0 Å². The number of hydrogen-bond donors (Lipinski definition) is 1. The highest BCUT2D eigenvalue weighted by Gasteiger charge is 2.24. The normalized spacial score (nSPS) is 26.9. The lowest BCUT2D eigenvalue weighted by molar-refractivity contribution is -0.139. The van der Waals surface area contributed by atoms with Crippen molar-refractivity contribution in [2.45, 2.75) is 20.0 Å². The van der Waals surface area contributed by atoms with E-state index in [2.05, 4.69) is 0 Å². The summed E-state index contributed by atoms with van der Waals surface area (Å²) in [7, 11) is 0.